The van der Waals surface area contributed by atoms with Crippen molar-refractivity contribution in [2.24, 2.45) is 0 Å². The molecule has 0 radical (unpaired) electrons. The fraction of sp³-hybridized carbons (Fsp3) is 0. The molecule has 1 aliphatic rings. The molecule has 0 spiro atoms. The second-order valence-corrected chi connectivity index (χ2v) is 4.94. The van der Waals surface area contributed by atoms with Crippen LogP contribution in [0.3, 0.4) is 0 Å². The summed E-state index contributed by atoms with van der Waals surface area (Å²) in [5, 5.41) is 10.5. The number of aromatic nitrogens is 1. The van der Waals surface area contributed by atoms with Gasteiger partial charge in [0, 0.05) is 17.8 Å². The zero-order chi connectivity index (χ0) is 14.4. The van der Waals surface area contributed by atoms with Crippen molar-refractivity contribution in [3.05, 3.63) is 65.5 Å². The zero-order valence-corrected chi connectivity index (χ0v) is 11.0. The lowest BCUT2D eigenvalue weighted by Crippen LogP contribution is -1.97. The number of carbonyl (C=O) groups is 1. The highest BCUT2D eigenvalue weighted by Gasteiger charge is 2.27. The molecule has 4 rings (SSSR count). The fourth-order valence-corrected chi connectivity index (χ4v) is 2.49. The number of allylic oxidation sites excluding steroid dienone is 1. The summed E-state index contributed by atoms with van der Waals surface area (Å²) in [5.74, 6) is 0.579. The Morgan fingerprint density at radius 3 is 2.90 bits per heavy atom. The molecular formula is C17H11NO3. The molecule has 3 aromatic rings. The maximum atomic E-state index is 12.2. The molecule has 2 N–H and O–H groups in total. The summed E-state index contributed by atoms with van der Waals surface area (Å²) in [5.41, 5.74) is 2.41. The summed E-state index contributed by atoms with van der Waals surface area (Å²) in [6.45, 7) is 0. The second kappa shape index (κ2) is 4.24. The van der Waals surface area contributed by atoms with Crippen molar-refractivity contribution >= 4 is 22.8 Å². The van der Waals surface area contributed by atoms with Gasteiger partial charge in [-0.2, -0.15) is 0 Å². The van der Waals surface area contributed by atoms with Crippen molar-refractivity contribution in [2.75, 3.05) is 0 Å². The molecule has 4 nitrogen and oxygen atoms in total. The van der Waals surface area contributed by atoms with Crippen LogP contribution in [0.15, 0.2) is 54.4 Å². The van der Waals surface area contributed by atoms with E-state index in [2.05, 4.69) is 4.98 Å². The minimum absolute atomic E-state index is 0.0801. The topological polar surface area (TPSA) is 62.3 Å². The number of phenols is 1. The van der Waals surface area contributed by atoms with Crippen LogP contribution in [0.1, 0.15) is 15.9 Å². The van der Waals surface area contributed by atoms with E-state index < -0.39 is 0 Å². The number of ketones is 1. The number of aromatic amines is 1. The van der Waals surface area contributed by atoms with E-state index in [1.807, 2.05) is 30.5 Å². The molecule has 0 saturated heterocycles. The van der Waals surface area contributed by atoms with E-state index in [1.165, 1.54) is 12.1 Å². The second-order valence-electron chi connectivity index (χ2n) is 4.94. The molecule has 0 amide bonds. The number of Topliss-reactive ketones (excluding diaryl/α,β-unsaturated/α-hetero) is 1. The number of carbonyl (C=O) groups excluding carboxylic acids is 1. The SMILES string of the molecule is O=C1C(=Cc2ccc3[nH]ccc3c2)Oc2cc(O)ccc21. The average Bonchev–Trinajstić information content (AvgIpc) is 3.04. The minimum Gasteiger partial charge on any atom is -0.508 e. The Hall–Kier alpha value is -3.01. The smallest absolute Gasteiger partial charge is 0.231 e. The molecule has 2 aromatic carbocycles. The van der Waals surface area contributed by atoms with Crippen LogP contribution in [-0.4, -0.2) is 15.9 Å². The van der Waals surface area contributed by atoms with Gasteiger partial charge in [0.2, 0.25) is 5.78 Å². The molecule has 0 unspecified atom stereocenters. The van der Waals surface area contributed by atoms with Gasteiger partial charge in [0.1, 0.15) is 11.5 Å². The van der Waals surface area contributed by atoms with Gasteiger partial charge in [-0.05, 0) is 47.4 Å². The number of rotatable bonds is 1. The first kappa shape index (κ1) is 11.8. The van der Waals surface area contributed by atoms with Gasteiger partial charge < -0.3 is 14.8 Å². The number of phenolic OH excluding ortho intramolecular Hbond substituents is 1. The maximum absolute atomic E-state index is 12.2. The van der Waals surface area contributed by atoms with Crippen molar-refractivity contribution in [2.45, 2.75) is 0 Å². The predicted octanol–water partition coefficient (Wildman–Crippen LogP) is 3.49. The first-order valence-corrected chi connectivity index (χ1v) is 6.55. The number of hydrogen-bond donors (Lipinski definition) is 2. The van der Waals surface area contributed by atoms with Gasteiger partial charge in [-0.25, -0.2) is 0 Å². The van der Waals surface area contributed by atoms with Crippen LogP contribution in [-0.2, 0) is 0 Å². The van der Waals surface area contributed by atoms with Crippen LogP contribution in [0.2, 0.25) is 0 Å². The lowest BCUT2D eigenvalue weighted by molar-refractivity contribution is 0.101. The monoisotopic (exact) mass is 277 g/mol. The van der Waals surface area contributed by atoms with Crippen molar-refractivity contribution in [1.82, 2.24) is 4.98 Å². The molecule has 1 aliphatic heterocycles. The van der Waals surface area contributed by atoms with Gasteiger partial charge in [0.15, 0.2) is 5.76 Å². The van der Waals surface area contributed by atoms with Crippen molar-refractivity contribution < 1.29 is 14.6 Å². The lowest BCUT2D eigenvalue weighted by Gasteiger charge is -1.99. The fourth-order valence-electron chi connectivity index (χ4n) is 2.49. The molecule has 0 aliphatic carbocycles. The normalized spacial score (nSPS) is 15.4. The third-order valence-electron chi connectivity index (χ3n) is 3.53. The van der Waals surface area contributed by atoms with Crippen LogP contribution in [0.4, 0.5) is 0 Å². The summed E-state index contributed by atoms with van der Waals surface area (Å²) in [6.07, 6.45) is 3.59. The number of H-pyrrole nitrogens is 1. The van der Waals surface area contributed by atoms with Crippen LogP contribution in [0, 0.1) is 0 Å². The van der Waals surface area contributed by atoms with Crippen molar-refractivity contribution in [3.8, 4) is 11.5 Å². The first-order chi connectivity index (χ1) is 10.2. The van der Waals surface area contributed by atoms with E-state index in [0.29, 0.717) is 11.3 Å². The summed E-state index contributed by atoms with van der Waals surface area (Å²) >= 11 is 0. The molecular weight excluding hydrogens is 266 g/mol. The lowest BCUT2D eigenvalue weighted by atomic mass is 10.1. The maximum Gasteiger partial charge on any atom is 0.231 e. The van der Waals surface area contributed by atoms with Crippen molar-refractivity contribution in [3.63, 3.8) is 0 Å². The van der Waals surface area contributed by atoms with Crippen LogP contribution in [0.25, 0.3) is 17.0 Å². The summed E-state index contributed by atoms with van der Waals surface area (Å²) in [4.78, 5) is 15.4. The summed E-state index contributed by atoms with van der Waals surface area (Å²) < 4.78 is 5.54. The molecule has 21 heavy (non-hydrogen) atoms. The molecule has 102 valence electrons. The van der Waals surface area contributed by atoms with Crippen LogP contribution < -0.4 is 4.74 Å². The Labute approximate surface area is 120 Å². The molecule has 1 aromatic heterocycles. The first-order valence-electron chi connectivity index (χ1n) is 6.55. The largest absolute Gasteiger partial charge is 0.508 e. The number of ether oxygens (including phenoxy) is 1. The van der Waals surface area contributed by atoms with E-state index in [9.17, 15) is 9.90 Å². The molecule has 0 saturated carbocycles. The quantitative estimate of drug-likeness (QED) is 0.669. The zero-order valence-electron chi connectivity index (χ0n) is 11.0. The standard InChI is InChI=1S/C17H11NO3/c19-12-2-3-13-15(9-12)21-16(17(13)20)8-10-1-4-14-11(7-10)5-6-18-14/h1-9,18-19H. The summed E-state index contributed by atoms with van der Waals surface area (Å²) in [7, 11) is 0. The number of benzene rings is 2. The third-order valence-corrected chi connectivity index (χ3v) is 3.53. The molecule has 0 atom stereocenters. The van der Waals surface area contributed by atoms with Gasteiger partial charge in [0.05, 0.1) is 5.56 Å². The molecule has 0 bridgehead atoms. The molecule has 2 heterocycles. The Bertz CT molecular complexity index is 905. The van der Waals surface area contributed by atoms with E-state index in [1.54, 1.807) is 12.1 Å². The van der Waals surface area contributed by atoms with Gasteiger partial charge in [-0.3, -0.25) is 4.79 Å². The Balaban J connectivity index is 1.75. The molecule has 4 heteroatoms. The number of aromatic hydroxyl groups is 1. The number of nitrogens with one attached hydrogen (secondary N) is 1. The van der Waals surface area contributed by atoms with Gasteiger partial charge in [0.25, 0.3) is 0 Å². The van der Waals surface area contributed by atoms with E-state index >= 15 is 0 Å². The van der Waals surface area contributed by atoms with Gasteiger partial charge in [-0.1, -0.05) is 6.07 Å². The van der Waals surface area contributed by atoms with E-state index in [4.69, 9.17) is 4.74 Å². The van der Waals surface area contributed by atoms with E-state index in [0.717, 1.165) is 16.5 Å². The highest BCUT2D eigenvalue weighted by atomic mass is 16.5. The minimum atomic E-state index is -0.167. The highest BCUT2D eigenvalue weighted by Crippen LogP contribution is 2.34. The number of hydrogen-bond acceptors (Lipinski definition) is 3. The Morgan fingerprint density at radius 2 is 2.00 bits per heavy atom. The predicted molar refractivity (Wildman–Crippen MR) is 79.3 cm³/mol. The van der Waals surface area contributed by atoms with Gasteiger partial charge >= 0.3 is 0 Å². The molecule has 0 fully saturated rings. The highest BCUT2D eigenvalue weighted by molar-refractivity contribution is 6.14. The van der Waals surface area contributed by atoms with Crippen LogP contribution in [0.5, 0.6) is 11.5 Å². The summed E-state index contributed by atoms with van der Waals surface area (Å²) in [6, 6.07) is 12.3. The Kier molecular flexibility index (Phi) is 2.38. The van der Waals surface area contributed by atoms with Crippen LogP contribution >= 0.6 is 0 Å². The average molecular weight is 277 g/mol. The Morgan fingerprint density at radius 1 is 1.10 bits per heavy atom. The number of fused-ring (bicyclic) bond motifs is 2. The van der Waals surface area contributed by atoms with Crippen molar-refractivity contribution in [1.29, 1.82) is 0 Å². The van der Waals surface area contributed by atoms with E-state index in [-0.39, 0.29) is 17.3 Å². The van der Waals surface area contributed by atoms with Gasteiger partial charge in [-0.15, -0.1) is 0 Å². The third kappa shape index (κ3) is 1.89.